The van der Waals surface area contributed by atoms with E-state index < -0.39 is 0 Å². The smallest absolute Gasteiger partial charge is 0.253 e. The zero-order valence-electron chi connectivity index (χ0n) is 11.6. The van der Waals surface area contributed by atoms with Gasteiger partial charge in [0.15, 0.2) is 0 Å². The first-order valence-electron chi connectivity index (χ1n) is 6.57. The molecule has 2 rings (SSSR count). The van der Waals surface area contributed by atoms with Crippen LogP contribution in [0.2, 0.25) is 8.67 Å². The molecule has 0 saturated heterocycles. The first kappa shape index (κ1) is 16.1. The van der Waals surface area contributed by atoms with Crippen LogP contribution in [0.3, 0.4) is 0 Å². The Balaban J connectivity index is 1.75. The van der Waals surface area contributed by atoms with Crippen molar-refractivity contribution in [2.24, 2.45) is 0 Å². The fourth-order valence-corrected chi connectivity index (χ4v) is 3.38. The van der Waals surface area contributed by atoms with Gasteiger partial charge in [-0.1, -0.05) is 41.4 Å². The third kappa shape index (κ3) is 4.63. The van der Waals surface area contributed by atoms with Gasteiger partial charge in [0.1, 0.15) is 4.34 Å². The Morgan fingerprint density at radius 1 is 1.29 bits per heavy atom. The standard InChI is InChI=1S/C15H16Cl2N2OS/c1-19(11-6-3-2-4-7-11)9-5-8-18-15(20)12-10-13(16)21-14(12)17/h2-4,6-7,10H,5,8-9H2,1H3,(H,18,20). The van der Waals surface area contributed by atoms with E-state index in [-0.39, 0.29) is 5.91 Å². The van der Waals surface area contributed by atoms with Crippen molar-refractivity contribution in [1.29, 1.82) is 0 Å². The van der Waals surface area contributed by atoms with Crippen molar-refractivity contribution in [1.82, 2.24) is 5.32 Å². The van der Waals surface area contributed by atoms with Crippen molar-refractivity contribution in [3.8, 4) is 0 Å². The SMILES string of the molecule is CN(CCCNC(=O)c1cc(Cl)sc1Cl)c1ccccc1. The molecule has 1 N–H and O–H groups in total. The number of nitrogens with one attached hydrogen (secondary N) is 1. The second-order valence-electron chi connectivity index (χ2n) is 4.60. The molecule has 0 radical (unpaired) electrons. The highest BCUT2D eigenvalue weighted by molar-refractivity contribution is 7.20. The van der Waals surface area contributed by atoms with Crippen molar-refractivity contribution < 1.29 is 4.79 Å². The van der Waals surface area contributed by atoms with E-state index in [1.807, 2.05) is 25.2 Å². The summed E-state index contributed by atoms with van der Waals surface area (Å²) in [6, 6.07) is 11.7. The Hall–Kier alpha value is -1.23. The quantitative estimate of drug-likeness (QED) is 0.793. The maximum Gasteiger partial charge on any atom is 0.253 e. The number of carbonyl (C=O) groups is 1. The number of carbonyl (C=O) groups excluding carboxylic acids is 1. The molecule has 0 unspecified atom stereocenters. The molecule has 1 amide bonds. The minimum absolute atomic E-state index is 0.175. The summed E-state index contributed by atoms with van der Waals surface area (Å²) in [6.07, 6.45) is 0.854. The maximum atomic E-state index is 11.9. The van der Waals surface area contributed by atoms with E-state index in [9.17, 15) is 4.79 Å². The predicted molar refractivity (Wildman–Crippen MR) is 91.0 cm³/mol. The largest absolute Gasteiger partial charge is 0.375 e. The van der Waals surface area contributed by atoms with Crippen LogP contribution in [0, 0.1) is 0 Å². The summed E-state index contributed by atoms with van der Waals surface area (Å²) >= 11 is 13.0. The van der Waals surface area contributed by atoms with E-state index in [1.54, 1.807) is 6.07 Å². The van der Waals surface area contributed by atoms with Crippen molar-refractivity contribution in [3.05, 3.63) is 50.6 Å². The van der Waals surface area contributed by atoms with Gasteiger partial charge in [-0.2, -0.15) is 0 Å². The molecule has 0 aliphatic carbocycles. The van der Waals surface area contributed by atoms with Gasteiger partial charge in [0.05, 0.1) is 9.90 Å². The van der Waals surface area contributed by atoms with Gasteiger partial charge in [-0.15, -0.1) is 11.3 Å². The third-order valence-electron chi connectivity index (χ3n) is 3.05. The summed E-state index contributed by atoms with van der Waals surface area (Å²) in [5.74, 6) is -0.175. The lowest BCUT2D eigenvalue weighted by atomic mass is 10.2. The minimum Gasteiger partial charge on any atom is -0.375 e. The van der Waals surface area contributed by atoms with Gasteiger partial charge in [-0.05, 0) is 24.6 Å². The van der Waals surface area contributed by atoms with Gasteiger partial charge in [-0.3, -0.25) is 4.79 Å². The van der Waals surface area contributed by atoms with Gasteiger partial charge in [-0.25, -0.2) is 0 Å². The molecular weight excluding hydrogens is 327 g/mol. The zero-order chi connectivity index (χ0) is 15.2. The fourth-order valence-electron chi connectivity index (χ4n) is 1.92. The first-order valence-corrected chi connectivity index (χ1v) is 8.14. The van der Waals surface area contributed by atoms with Crippen molar-refractivity contribution in [2.75, 3.05) is 25.0 Å². The average molecular weight is 343 g/mol. The lowest BCUT2D eigenvalue weighted by Crippen LogP contribution is -2.28. The molecule has 1 aromatic heterocycles. The van der Waals surface area contributed by atoms with E-state index in [1.165, 1.54) is 11.3 Å². The first-order chi connectivity index (χ1) is 10.1. The normalized spacial score (nSPS) is 10.4. The summed E-state index contributed by atoms with van der Waals surface area (Å²) in [6.45, 7) is 1.46. The number of nitrogens with zero attached hydrogens (tertiary/aromatic N) is 1. The van der Waals surface area contributed by atoms with E-state index in [0.717, 1.165) is 18.7 Å². The molecule has 0 fully saturated rings. The molecule has 0 bridgehead atoms. The topological polar surface area (TPSA) is 32.3 Å². The molecule has 6 heteroatoms. The van der Waals surface area contributed by atoms with Crippen molar-refractivity contribution in [3.63, 3.8) is 0 Å². The summed E-state index contributed by atoms with van der Waals surface area (Å²) in [4.78, 5) is 14.1. The van der Waals surface area contributed by atoms with Crippen LogP contribution in [-0.4, -0.2) is 26.0 Å². The minimum atomic E-state index is -0.175. The molecule has 1 heterocycles. The van der Waals surface area contributed by atoms with E-state index >= 15 is 0 Å². The van der Waals surface area contributed by atoms with Crippen molar-refractivity contribution >= 4 is 46.1 Å². The van der Waals surface area contributed by atoms with Gasteiger partial charge < -0.3 is 10.2 Å². The second-order valence-corrected chi connectivity index (χ2v) is 6.89. The summed E-state index contributed by atoms with van der Waals surface area (Å²) in [5, 5.41) is 2.86. The number of anilines is 1. The number of rotatable bonds is 6. The van der Waals surface area contributed by atoms with Gasteiger partial charge in [0, 0.05) is 25.8 Å². The molecule has 0 atom stereocenters. The van der Waals surface area contributed by atoms with Crippen LogP contribution in [0.25, 0.3) is 0 Å². The Bertz CT molecular complexity index is 601. The van der Waals surface area contributed by atoms with Crippen LogP contribution in [0.1, 0.15) is 16.8 Å². The van der Waals surface area contributed by atoms with E-state index in [4.69, 9.17) is 23.2 Å². The maximum absolute atomic E-state index is 11.9. The molecule has 0 saturated carbocycles. The van der Waals surface area contributed by atoms with Crippen LogP contribution in [0.15, 0.2) is 36.4 Å². The van der Waals surface area contributed by atoms with Crippen LogP contribution in [-0.2, 0) is 0 Å². The highest BCUT2D eigenvalue weighted by Crippen LogP contribution is 2.30. The van der Waals surface area contributed by atoms with Gasteiger partial charge in [0.25, 0.3) is 5.91 Å². The number of benzene rings is 1. The van der Waals surface area contributed by atoms with Crippen molar-refractivity contribution in [2.45, 2.75) is 6.42 Å². The summed E-state index contributed by atoms with van der Waals surface area (Å²) in [7, 11) is 2.03. The Morgan fingerprint density at radius 3 is 2.62 bits per heavy atom. The Kier molecular flexibility index (Phi) is 5.91. The summed E-state index contributed by atoms with van der Waals surface area (Å²) < 4.78 is 0.952. The van der Waals surface area contributed by atoms with Gasteiger partial charge in [0.2, 0.25) is 0 Å². The van der Waals surface area contributed by atoms with E-state index in [2.05, 4.69) is 22.3 Å². The zero-order valence-corrected chi connectivity index (χ0v) is 13.9. The monoisotopic (exact) mass is 342 g/mol. The van der Waals surface area contributed by atoms with E-state index in [0.29, 0.717) is 20.8 Å². The highest BCUT2D eigenvalue weighted by atomic mass is 35.5. The number of para-hydroxylation sites is 1. The average Bonchev–Trinajstić information content (AvgIpc) is 2.83. The molecule has 3 nitrogen and oxygen atoms in total. The molecule has 0 aliphatic heterocycles. The number of amides is 1. The molecule has 0 spiro atoms. The van der Waals surface area contributed by atoms with Crippen LogP contribution in [0.4, 0.5) is 5.69 Å². The summed E-state index contributed by atoms with van der Waals surface area (Å²) in [5.41, 5.74) is 1.61. The number of hydrogen-bond acceptors (Lipinski definition) is 3. The number of halogens is 2. The molecular formula is C15H16Cl2N2OS. The number of thiophene rings is 1. The third-order valence-corrected chi connectivity index (χ3v) is 4.54. The fraction of sp³-hybridized carbons (Fsp3) is 0.267. The van der Waals surface area contributed by atoms with Crippen LogP contribution in [0.5, 0.6) is 0 Å². The lowest BCUT2D eigenvalue weighted by Gasteiger charge is -2.19. The lowest BCUT2D eigenvalue weighted by molar-refractivity contribution is 0.0954. The van der Waals surface area contributed by atoms with Crippen LogP contribution >= 0.6 is 34.5 Å². The molecule has 1 aromatic carbocycles. The van der Waals surface area contributed by atoms with Crippen LogP contribution < -0.4 is 10.2 Å². The predicted octanol–water partition coefficient (Wildman–Crippen LogP) is 4.31. The Morgan fingerprint density at radius 2 is 2.00 bits per heavy atom. The Labute approximate surface area is 138 Å². The second kappa shape index (κ2) is 7.69. The number of hydrogen-bond donors (Lipinski definition) is 1. The molecule has 2 aromatic rings. The molecule has 21 heavy (non-hydrogen) atoms. The molecule has 0 aliphatic rings. The highest BCUT2D eigenvalue weighted by Gasteiger charge is 2.13. The molecule has 112 valence electrons. The van der Waals surface area contributed by atoms with Gasteiger partial charge >= 0.3 is 0 Å².